The molecule has 2 aromatic rings. The Labute approximate surface area is 157 Å². The molecule has 0 aliphatic carbocycles. The van der Waals surface area contributed by atoms with Gasteiger partial charge >= 0.3 is 0 Å². The summed E-state index contributed by atoms with van der Waals surface area (Å²) in [6.07, 6.45) is 2.79. The van der Waals surface area contributed by atoms with Crippen molar-refractivity contribution in [2.75, 3.05) is 11.9 Å². The first-order valence-corrected chi connectivity index (χ1v) is 9.47. The number of phenols is 1. The van der Waals surface area contributed by atoms with E-state index in [0.717, 1.165) is 17.7 Å². The molecular weight excluding hydrogens is 348 g/mol. The Morgan fingerprint density at radius 3 is 2.69 bits per heavy atom. The van der Waals surface area contributed by atoms with Gasteiger partial charge in [-0.2, -0.15) is 0 Å². The molecule has 1 atom stereocenters. The number of rotatable bonds is 6. The molecule has 0 aromatic heterocycles. The summed E-state index contributed by atoms with van der Waals surface area (Å²) in [6.45, 7) is 4.44. The van der Waals surface area contributed by atoms with Crippen molar-refractivity contribution >= 4 is 29.4 Å². The number of aryl methyl sites for hydroxylation is 1. The maximum absolute atomic E-state index is 12.2. The fourth-order valence-corrected chi connectivity index (χ4v) is 3.58. The van der Waals surface area contributed by atoms with Crippen LogP contribution in [0.15, 0.2) is 47.4 Å². The minimum absolute atomic E-state index is 0.0904. The summed E-state index contributed by atoms with van der Waals surface area (Å²) in [6, 6.07) is 13.2. The normalized spacial score (nSPS) is 18.0. The van der Waals surface area contributed by atoms with Crippen LogP contribution in [0.4, 0.5) is 5.69 Å². The number of nitrogens with one attached hydrogen (secondary N) is 2. The number of amides is 1. The maximum atomic E-state index is 12.2. The molecular formula is C20H22N2O3S. The van der Waals surface area contributed by atoms with Crippen LogP contribution < -0.4 is 15.4 Å². The predicted octanol–water partition coefficient (Wildman–Crippen LogP) is 3.95. The summed E-state index contributed by atoms with van der Waals surface area (Å²) < 4.78 is 5.39. The molecule has 26 heavy (non-hydrogen) atoms. The van der Waals surface area contributed by atoms with Gasteiger partial charge < -0.3 is 20.5 Å². The number of aromatic hydroxyl groups is 1. The minimum Gasteiger partial charge on any atom is -0.504 e. The van der Waals surface area contributed by atoms with E-state index in [1.54, 1.807) is 24.3 Å². The fraction of sp³-hybridized carbons (Fsp3) is 0.250. The molecule has 0 bridgehead atoms. The molecule has 0 spiro atoms. The van der Waals surface area contributed by atoms with E-state index in [-0.39, 0.29) is 17.2 Å². The van der Waals surface area contributed by atoms with E-state index in [1.165, 1.54) is 17.3 Å². The standard InChI is InChI=1S/C20H22N2O3S/c1-3-13-5-8-15(9-6-13)21-20-22-19(24)18(26-20)12-14-7-10-16(23)17(11-14)25-4-2/h5-12,20-21,23H,3-4H2,1-2H3,(H,22,24)/b18-12-/t20-/m0/s1. The average molecular weight is 370 g/mol. The highest BCUT2D eigenvalue weighted by Crippen LogP contribution is 2.32. The summed E-state index contributed by atoms with van der Waals surface area (Å²) in [5.74, 6) is 0.382. The molecule has 3 rings (SSSR count). The van der Waals surface area contributed by atoms with Crippen LogP contribution in [0, 0.1) is 0 Å². The summed E-state index contributed by atoms with van der Waals surface area (Å²) in [7, 11) is 0. The Morgan fingerprint density at radius 1 is 1.23 bits per heavy atom. The second-order valence-corrected chi connectivity index (χ2v) is 6.98. The van der Waals surface area contributed by atoms with Crippen molar-refractivity contribution in [3.63, 3.8) is 0 Å². The van der Waals surface area contributed by atoms with E-state index < -0.39 is 0 Å². The van der Waals surface area contributed by atoms with Crippen LogP contribution in [-0.2, 0) is 11.2 Å². The Balaban J connectivity index is 1.70. The second kappa shape index (κ2) is 8.19. The third kappa shape index (κ3) is 4.32. The zero-order valence-electron chi connectivity index (χ0n) is 14.8. The fourth-order valence-electron chi connectivity index (χ4n) is 2.60. The highest BCUT2D eigenvalue weighted by Gasteiger charge is 2.27. The molecule has 2 aromatic carbocycles. The highest BCUT2D eigenvalue weighted by molar-refractivity contribution is 8.05. The molecule has 1 fully saturated rings. The van der Waals surface area contributed by atoms with Crippen molar-refractivity contribution in [3.8, 4) is 11.5 Å². The van der Waals surface area contributed by atoms with Crippen molar-refractivity contribution in [1.82, 2.24) is 5.32 Å². The lowest BCUT2D eigenvalue weighted by Crippen LogP contribution is -2.30. The monoisotopic (exact) mass is 370 g/mol. The minimum atomic E-state index is -0.218. The lowest BCUT2D eigenvalue weighted by molar-refractivity contribution is -0.116. The van der Waals surface area contributed by atoms with Crippen LogP contribution in [-0.4, -0.2) is 23.1 Å². The number of carbonyl (C=O) groups excluding carboxylic acids is 1. The molecule has 1 aliphatic heterocycles. The van der Waals surface area contributed by atoms with Crippen molar-refractivity contribution in [1.29, 1.82) is 0 Å². The van der Waals surface area contributed by atoms with Crippen molar-refractivity contribution in [2.24, 2.45) is 0 Å². The number of ether oxygens (including phenoxy) is 1. The van der Waals surface area contributed by atoms with Crippen molar-refractivity contribution in [2.45, 2.75) is 25.8 Å². The Bertz CT molecular complexity index is 818. The van der Waals surface area contributed by atoms with E-state index in [2.05, 4.69) is 29.7 Å². The summed E-state index contributed by atoms with van der Waals surface area (Å²) in [5, 5.41) is 16.0. The topological polar surface area (TPSA) is 70.6 Å². The molecule has 3 N–H and O–H groups in total. The third-order valence-electron chi connectivity index (χ3n) is 3.97. The smallest absolute Gasteiger partial charge is 0.260 e. The number of anilines is 1. The van der Waals surface area contributed by atoms with Gasteiger partial charge in [-0.05, 0) is 54.8 Å². The summed E-state index contributed by atoms with van der Waals surface area (Å²) in [4.78, 5) is 12.8. The van der Waals surface area contributed by atoms with Gasteiger partial charge in [0.25, 0.3) is 5.91 Å². The third-order valence-corrected chi connectivity index (χ3v) is 5.00. The van der Waals surface area contributed by atoms with Crippen molar-refractivity contribution < 1.29 is 14.6 Å². The summed E-state index contributed by atoms with van der Waals surface area (Å²) >= 11 is 1.43. The molecule has 0 radical (unpaired) electrons. The second-order valence-electron chi connectivity index (χ2n) is 5.83. The molecule has 5 nitrogen and oxygen atoms in total. The van der Waals surface area contributed by atoms with Gasteiger partial charge in [0.1, 0.15) is 0 Å². The molecule has 1 amide bonds. The van der Waals surface area contributed by atoms with Crippen LogP contribution in [0.25, 0.3) is 6.08 Å². The van der Waals surface area contributed by atoms with Gasteiger partial charge in [-0.3, -0.25) is 4.79 Å². The van der Waals surface area contributed by atoms with E-state index in [1.807, 2.05) is 19.1 Å². The lowest BCUT2D eigenvalue weighted by atomic mass is 10.1. The van der Waals surface area contributed by atoms with E-state index in [4.69, 9.17) is 4.74 Å². The molecule has 1 heterocycles. The zero-order chi connectivity index (χ0) is 18.5. The SMILES string of the molecule is CCOc1cc(/C=C2\S[C@@H](Nc3ccc(CC)cc3)NC2=O)ccc1O. The number of hydrogen-bond donors (Lipinski definition) is 3. The Hall–Kier alpha value is -2.60. The number of thioether (sulfide) groups is 1. The van der Waals surface area contributed by atoms with Crippen LogP contribution in [0.1, 0.15) is 25.0 Å². The van der Waals surface area contributed by atoms with Crippen LogP contribution >= 0.6 is 11.8 Å². The lowest BCUT2D eigenvalue weighted by Gasteiger charge is -2.12. The van der Waals surface area contributed by atoms with Gasteiger partial charge in [-0.15, -0.1) is 0 Å². The molecule has 1 aliphatic rings. The van der Waals surface area contributed by atoms with Crippen LogP contribution in [0.5, 0.6) is 11.5 Å². The molecule has 136 valence electrons. The van der Waals surface area contributed by atoms with Gasteiger partial charge in [0.05, 0.1) is 11.5 Å². The molecule has 0 saturated carbocycles. The van der Waals surface area contributed by atoms with Gasteiger partial charge in [-0.1, -0.05) is 36.9 Å². The van der Waals surface area contributed by atoms with Gasteiger partial charge in [-0.25, -0.2) is 0 Å². The predicted molar refractivity (Wildman–Crippen MR) is 106 cm³/mol. The van der Waals surface area contributed by atoms with Crippen molar-refractivity contribution in [3.05, 3.63) is 58.5 Å². The van der Waals surface area contributed by atoms with Gasteiger partial charge in [0.2, 0.25) is 0 Å². The van der Waals surface area contributed by atoms with Gasteiger partial charge in [0, 0.05) is 5.69 Å². The zero-order valence-corrected chi connectivity index (χ0v) is 15.6. The molecule has 0 unspecified atom stereocenters. The average Bonchev–Trinajstić information content (AvgIpc) is 2.98. The largest absolute Gasteiger partial charge is 0.504 e. The van der Waals surface area contributed by atoms with E-state index in [9.17, 15) is 9.90 Å². The molecule has 1 saturated heterocycles. The quantitative estimate of drug-likeness (QED) is 0.672. The Morgan fingerprint density at radius 2 is 2.00 bits per heavy atom. The maximum Gasteiger partial charge on any atom is 0.260 e. The molecule has 6 heteroatoms. The highest BCUT2D eigenvalue weighted by atomic mass is 32.2. The van der Waals surface area contributed by atoms with E-state index >= 15 is 0 Å². The number of phenolic OH excluding ortho intramolecular Hbond substituents is 1. The Kier molecular flexibility index (Phi) is 5.73. The summed E-state index contributed by atoms with van der Waals surface area (Å²) in [5.41, 5.74) is 2.82. The van der Waals surface area contributed by atoms with E-state index in [0.29, 0.717) is 17.3 Å². The van der Waals surface area contributed by atoms with Crippen LogP contribution in [0.3, 0.4) is 0 Å². The first-order valence-electron chi connectivity index (χ1n) is 8.59. The number of hydrogen-bond acceptors (Lipinski definition) is 5. The first-order chi connectivity index (χ1) is 12.6. The van der Waals surface area contributed by atoms with Gasteiger partial charge in [0.15, 0.2) is 17.0 Å². The number of carbonyl (C=O) groups is 1. The number of benzene rings is 2. The van der Waals surface area contributed by atoms with Crippen LogP contribution in [0.2, 0.25) is 0 Å². The first kappa shape index (κ1) is 18.2.